The molecule has 2 rings (SSSR count). The number of ether oxygens (including phenoxy) is 3. The van der Waals surface area contributed by atoms with E-state index in [0.717, 1.165) is 67.4 Å². The van der Waals surface area contributed by atoms with E-state index in [1.165, 1.54) is 32.1 Å². The van der Waals surface area contributed by atoms with Crippen molar-refractivity contribution in [2.45, 2.75) is 76.4 Å². The van der Waals surface area contributed by atoms with Gasteiger partial charge in [-0.1, -0.05) is 62.8 Å². The minimum absolute atomic E-state index is 0.665. The van der Waals surface area contributed by atoms with Crippen LogP contribution in [0.4, 0.5) is 0 Å². The number of fused-ring (bicyclic) bond motifs is 1. The average Bonchev–Trinajstić information content (AvgIpc) is 2.78. The number of alkyl halides is 2. The quantitative estimate of drug-likeness (QED) is 0.137. The van der Waals surface area contributed by atoms with Gasteiger partial charge in [0.1, 0.15) is 5.76 Å². The molecule has 30 heavy (non-hydrogen) atoms. The molecule has 3 nitrogen and oxygen atoms in total. The fourth-order valence-electron chi connectivity index (χ4n) is 3.88. The number of benzene rings is 1. The molecular weight excluding hydrogens is 419 g/mol. The Bertz CT molecular complexity index is 620. The first kappa shape index (κ1) is 25.5. The maximum Gasteiger partial charge on any atom is 0.198 e. The molecule has 5 heteroatoms. The van der Waals surface area contributed by atoms with Gasteiger partial charge in [0.25, 0.3) is 0 Å². The first-order valence-electron chi connectivity index (χ1n) is 11.5. The lowest BCUT2D eigenvalue weighted by Crippen LogP contribution is -2.35. The topological polar surface area (TPSA) is 27.7 Å². The zero-order chi connectivity index (χ0) is 21.5. The molecule has 0 saturated carbocycles. The predicted molar refractivity (Wildman–Crippen MR) is 127 cm³/mol. The molecule has 1 aliphatic carbocycles. The molecule has 0 amide bonds. The van der Waals surface area contributed by atoms with Gasteiger partial charge in [-0.05, 0) is 31.8 Å². The van der Waals surface area contributed by atoms with Crippen LogP contribution in [0.5, 0.6) is 0 Å². The van der Waals surface area contributed by atoms with Crippen LogP contribution in [-0.4, -0.2) is 32.1 Å². The summed E-state index contributed by atoms with van der Waals surface area (Å²) in [5, 5.41) is 0. The molecule has 1 aliphatic rings. The Labute approximate surface area is 193 Å². The highest BCUT2D eigenvalue weighted by molar-refractivity contribution is 6.18. The molecule has 0 heterocycles. The summed E-state index contributed by atoms with van der Waals surface area (Å²) in [6.45, 7) is 1.43. The summed E-state index contributed by atoms with van der Waals surface area (Å²) >= 11 is 11.5. The number of methoxy groups -OCH3 is 1. The number of hydrogen-bond donors (Lipinski definition) is 0. The van der Waals surface area contributed by atoms with Crippen LogP contribution >= 0.6 is 23.2 Å². The number of hydrogen-bond acceptors (Lipinski definition) is 3. The summed E-state index contributed by atoms with van der Waals surface area (Å²) in [6.07, 6.45) is 14.3. The molecule has 0 spiro atoms. The van der Waals surface area contributed by atoms with E-state index in [2.05, 4.69) is 18.2 Å². The summed E-state index contributed by atoms with van der Waals surface area (Å²) in [6, 6.07) is 8.29. The Balaban J connectivity index is 1.87. The molecule has 1 aromatic rings. The lowest BCUT2D eigenvalue weighted by atomic mass is 9.90. The van der Waals surface area contributed by atoms with Crippen molar-refractivity contribution in [1.82, 2.24) is 0 Å². The molecule has 170 valence electrons. The molecule has 1 atom stereocenters. The fourth-order valence-corrected chi connectivity index (χ4v) is 4.25. The van der Waals surface area contributed by atoms with Gasteiger partial charge in [0.05, 0.1) is 13.2 Å². The van der Waals surface area contributed by atoms with Crippen LogP contribution < -0.4 is 0 Å². The third-order valence-corrected chi connectivity index (χ3v) is 6.17. The van der Waals surface area contributed by atoms with Crippen molar-refractivity contribution in [3.63, 3.8) is 0 Å². The molecule has 0 bridgehead atoms. The van der Waals surface area contributed by atoms with Crippen LogP contribution in [0.3, 0.4) is 0 Å². The van der Waals surface area contributed by atoms with Crippen LogP contribution in [0.2, 0.25) is 0 Å². The lowest BCUT2D eigenvalue weighted by molar-refractivity contribution is -0.231. The Kier molecular flexibility index (Phi) is 12.9. The van der Waals surface area contributed by atoms with Gasteiger partial charge in [0, 0.05) is 36.4 Å². The summed E-state index contributed by atoms with van der Waals surface area (Å²) in [5.41, 5.74) is 2.14. The Hall–Kier alpha value is -0.740. The number of rotatable bonds is 17. The van der Waals surface area contributed by atoms with Crippen molar-refractivity contribution in [3.8, 4) is 0 Å². The zero-order valence-corrected chi connectivity index (χ0v) is 20.0. The maximum atomic E-state index is 6.32. The van der Waals surface area contributed by atoms with Gasteiger partial charge in [-0.25, -0.2) is 0 Å². The molecule has 0 radical (unpaired) electrons. The van der Waals surface area contributed by atoms with E-state index in [9.17, 15) is 0 Å². The summed E-state index contributed by atoms with van der Waals surface area (Å²) in [4.78, 5) is 0. The van der Waals surface area contributed by atoms with Crippen molar-refractivity contribution >= 4 is 29.0 Å². The Morgan fingerprint density at radius 3 is 2.07 bits per heavy atom. The monoisotopic (exact) mass is 456 g/mol. The van der Waals surface area contributed by atoms with Crippen LogP contribution in [0.25, 0.3) is 5.76 Å². The van der Waals surface area contributed by atoms with Crippen LogP contribution in [0, 0.1) is 0 Å². The van der Waals surface area contributed by atoms with E-state index in [4.69, 9.17) is 37.4 Å². The van der Waals surface area contributed by atoms with E-state index in [1.807, 2.05) is 12.1 Å². The van der Waals surface area contributed by atoms with Gasteiger partial charge in [-0.3, -0.25) is 0 Å². The summed E-state index contributed by atoms with van der Waals surface area (Å²) in [7, 11) is 1.73. The molecule has 0 aliphatic heterocycles. The average molecular weight is 457 g/mol. The van der Waals surface area contributed by atoms with Gasteiger partial charge in [0.15, 0.2) is 5.79 Å². The zero-order valence-electron chi connectivity index (χ0n) is 18.5. The van der Waals surface area contributed by atoms with Gasteiger partial charge in [0.2, 0.25) is 0 Å². The Morgan fingerprint density at radius 1 is 0.800 bits per heavy atom. The molecule has 0 N–H and O–H groups in total. The van der Waals surface area contributed by atoms with E-state index in [0.29, 0.717) is 13.0 Å². The lowest BCUT2D eigenvalue weighted by Gasteiger charge is -2.36. The van der Waals surface area contributed by atoms with Crippen molar-refractivity contribution in [1.29, 1.82) is 0 Å². The molecule has 0 aromatic heterocycles. The fraction of sp³-hybridized carbons (Fsp3) is 0.680. The highest BCUT2D eigenvalue weighted by atomic mass is 35.5. The maximum absolute atomic E-state index is 6.32. The predicted octanol–water partition coefficient (Wildman–Crippen LogP) is 7.64. The first-order chi connectivity index (χ1) is 14.8. The second kappa shape index (κ2) is 15.1. The van der Waals surface area contributed by atoms with Gasteiger partial charge in [-0.2, -0.15) is 0 Å². The van der Waals surface area contributed by atoms with Crippen LogP contribution in [0.1, 0.15) is 81.8 Å². The van der Waals surface area contributed by atoms with Gasteiger partial charge < -0.3 is 14.2 Å². The van der Waals surface area contributed by atoms with Gasteiger partial charge in [-0.15, -0.1) is 23.2 Å². The molecular formula is C25H38Cl2O3. The van der Waals surface area contributed by atoms with Gasteiger partial charge >= 0.3 is 0 Å². The second-order valence-electron chi connectivity index (χ2n) is 7.89. The SMILES string of the molecule is COC1(OCCCCCCCCl)CC=C(OCCCCCCCCl)c2ccccc21. The number of unbranched alkanes of at least 4 members (excludes halogenated alkanes) is 8. The minimum Gasteiger partial charge on any atom is -0.493 e. The highest BCUT2D eigenvalue weighted by Crippen LogP contribution is 2.41. The first-order valence-corrected chi connectivity index (χ1v) is 12.6. The van der Waals surface area contributed by atoms with Crippen molar-refractivity contribution in [3.05, 3.63) is 41.5 Å². The summed E-state index contributed by atoms with van der Waals surface area (Å²) in [5.74, 6) is 1.74. The van der Waals surface area contributed by atoms with E-state index in [1.54, 1.807) is 7.11 Å². The molecule has 1 aromatic carbocycles. The number of halogens is 2. The van der Waals surface area contributed by atoms with E-state index >= 15 is 0 Å². The van der Waals surface area contributed by atoms with E-state index in [-0.39, 0.29) is 0 Å². The molecule has 1 unspecified atom stereocenters. The standard InChI is InChI=1S/C25H38Cl2O3/c1-28-25(30-21-13-7-3-5-11-19-27)17-16-24(22-14-8-9-15-23(22)25)29-20-12-6-2-4-10-18-26/h8-9,14-16H,2-7,10-13,17-21H2,1H3. The second-order valence-corrected chi connectivity index (χ2v) is 8.64. The summed E-state index contributed by atoms with van der Waals surface area (Å²) < 4.78 is 18.4. The Morgan fingerprint density at radius 2 is 1.40 bits per heavy atom. The van der Waals surface area contributed by atoms with E-state index < -0.39 is 5.79 Å². The third kappa shape index (κ3) is 8.07. The minimum atomic E-state index is -0.721. The highest BCUT2D eigenvalue weighted by Gasteiger charge is 2.38. The molecule has 0 saturated heterocycles. The third-order valence-electron chi connectivity index (χ3n) is 5.64. The van der Waals surface area contributed by atoms with Crippen molar-refractivity contribution in [2.75, 3.05) is 32.1 Å². The van der Waals surface area contributed by atoms with Crippen LogP contribution in [-0.2, 0) is 20.0 Å². The normalized spacial score (nSPS) is 18.2. The van der Waals surface area contributed by atoms with Crippen molar-refractivity contribution in [2.24, 2.45) is 0 Å². The largest absolute Gasteiger partial charge is 0.493 e. The smallest absolute Gasteiger partial charge is 0.198 e. The van der Waals surface area contributed by atoms with Crippen LogP contribution in [0.15, 0.2) is 30.3 Å². The van der Waals surface area contributed by atoms with Crippen molar-refractivity contribution < 1.29 is 14.2 Å². The molecule has 0 fully saturated rings.